The first-order valence-electron chi connectivity index (χ1n) is 8.59. The minimum atomic E-state index is -0.450. The number of hydrogen-bond donors (Lipinski definition) is 1. The molecule has 2 aromatic heterocycles. The molecule has 0 saturated carbocycles. The summed E-state index contributed by atoms with van der Waals surface area (Å²) in [5.41, 5.74) is 1.44. The maximum atomic E-state index is 12.6. The average molecular weight is 399 g/mol. The number of carbonyl (C=O) groups is 2. The lowest BCUT2D eigenvalue weighted by Crippen LogP contribution is -2.19. The number of Topliss-reactive ketones (excluding diaryl/α,β-unsaturated/α-hetero) is 1. The van der Waals surface area contributed by atoms with E-state index in [1.54, 1.807) is 30.2 Å². The Morgan fingerprint density at radius 1 is 1.33 bits per heavy atom. The van der Waals surface area contributed by atoms with Crippen molar-refractivity contribution in [3.8, 4) is 0 Å². The zero-order valence-electron chi connectivity index (χ0n) is 14.6. The van der Waals surface area contributed by atoms with Crippen molar-refractivity contribution >= 4 is 39.9 Å². The molecule has 27 heavy (non-hydrogen) atoms. The number of rotatable bonds is 6. The van der Waals surface area contributed by atoms with Gasteiger partial charge in [0.05, 0.1) is 28.3 Å². The van der Waals surface area contributed by atoms with Crippen LogP contribution in [0.5, 0.6) is 0 Å². The zero-order valence-corrected chi connectivity index (χ0v) is 16.2. The van der Waals surface area contributed by atoms with Gasteiger partial charge in [0, 0.05) is 18.4 Å². The third-order valence-corrected chi connectivity index (χ3v) is 6.44. The number of amides is 1. The first-order chi connectivity index (χ1) is 13.1. The normalized spacial score (nSPS) is 15.7. The molecule has 1 atom stereocenters. The number of thiazole rings is 1. The van der Waals surface area contributed by atoms with Gasteiger partial charge in [0.2, 0.25) is 11.8 Å². The fourth-order valence-corrected chi connectivity index (χ4v) is 4.71. The Morgan fingerprint density at radius 3 is 3.00 bits per heavy atom. The van der Waals surface area contributed by atoms with Crippen molar-refractivity contribution < 1.29 is 14.0 Å². The van der Waals surface area contributed by atoms with Crippen LogP contribution in [0.25, 0.3) is 0 Å². The second kappa shape index (κ2) is 7.66. The van der Waals surface area contributed by atoms with Crippen molar-refractivity contribution in [2.24, 2.45) is 0 Å². The van der Waals surface area contributed by atoms with E-state index in [1.165, 1.54) is 11.3 Å². The van der Waals surface area contributed by atoms with E-state index in [0.29, 0.717) is 22.3 Å². The number of aryl methyl sites for hydroxylation is 1. The molecule has 0 bridgehead atoms. The van der Waals surface area contributed by atoms with Gasteiger partial charge in [-0.2, -0.15) is 0 Å². The SMILES string of the molecule is CCc1cnc(CSc2cnc(NC(=O)C3CC(=O)c4ccccc43)s2)o1. The van der Waals surface area contributed by atoms with E-state index in [4.69, 9.17) is 4.42 Å². The Bertz CT molecular complexity index is 996. The molecule has 1 unspecified atom stereocenters. The number of carbonyl (C=O) groups excluding carboxylic acids is 2. The number of nitrogens with zero attached hydrogens (tertiary/aromatic N) is 2. The third-order valence-electron chi connectivity index (χ3n) is 4.35. The monoisotopic (exact) mass is 399 g/mol. The van der Waals surface area contributed by atoms with E-state index in [9.17, 15) is 9.59 Å². The molecule has 0 radical (unpaired) electrons. The molecule has 1 aliphatic carbocycles. The molecule has 0 aliphatic heterocycles. The Labute approximate surface area is 164 Å². The van der Waals surface area contributed by atoms with Gasteiger partial charge in [0.1, 0.15) is 5.76 Å². The van der Waals surface area contributed by atoms with Gasteiger partial charge >= 0.3 is 0 Å². The molecule has 1 aliphatic rings. The van der Waals surface area contributed by atoms with Gasteiger partial charge in [0.15, 0.2) is 10.9 Å². The number of benzene rings is 1. The van der Waals surface area contributed by atoms with Gasteiger partial charge in [-0.1, -0.05) is 42.5 Å². The van der Waals surface area contributed by atoms with E-state index < -0.39 is 5.92 Å². The number of aromatic nitrogens is 2. The average Bonchev–Trinajstić information content (AvgIpc) is 3.39. The third kappa shape index (κ3) is 3.81. The van der Waals surface area contributed by atoms with E-state index in [-0.39, 0.29) is 18.1 Å². The molecule has 3 aromatic rings. The summed E-state index contributed by atoms with van der Waals surface area (Å²) in [4.78, 5) is 33.2. The van der Waals surface area contributed by atoms with E-state index >= 15 is 0 Å². The van der Waals surface area contributed by atoms with Gasteiger partial charge in [0.25, 0.3) is 0 Å². The lowest BCUT2D eigenvalue weighted by Gasteiger charge is -2.09. The highest BCUT2D eigenvalue weighted by Crippen LogP contribution is 2.35. The van der Waals surface area contributed by atoms with Crippen LogP contribution in [0, 0.1) is 0 Å². The quantitative estimate of drug-likeness (QED) is 0.622. The van der Waals surface area contributed by atoms with Crippen LogP contribution in [0.2, 0.25) is 0 Å². The molecule has 6 nitrogen and oxygen atoms in total. The van der Waals surface area contributed by atoms with Crippen LogP contribution in [0.1, 0.15) is 46.8 Å². The molecule has 0 saturated heterocycles. The molecule has 138 valence electrons. The minimum Gasteiger partial charge on any atom is -0.445 e. The first kappa shape index (κ1) is 17.9. The van der Waals surface area contributed by atoms with Crippen LogP contribution in [-0.2, 0) is 17.0 Å². The van der Waals surface area contributed by atoms with Crippen molar-refractivity contribution in [1.29, 1.82) is 0 Å². The van der Waals surface area contributed by atoms with Crippen LogP contribution in [0.15, 0.2) is 45.3 Å². The van der Waals surface area contributed by atoms with Gasteiger partial charge < -0.3 is 9.73 Å². The summed E-state index contributed by atoms with van der Waals surface area (Å²) in [5.74, 6) is 1.53. The van der Waals surface area contributed by atoms with E-state index in [0.717, 1.165) is 22.0 Å². The zero-order chi connectivity index (χ0) is 18.8. The summed E-state index contributed by atoms with van der Waals surface area (Å²) in [5, 5.41) is 3.37. The van der Waals surface area contributed by atoms with Crippen LogP contribution in [0.4, 0.5) is 5.13 Å². The molecule has 0 fully saturated rings. The van der Waals surface area contributed by atoms with Gasteiger partial charge in [-0.25, -0.2) is 9.97 Å². The number of anilines is 1. The second-order valence-electron chi connectivity index (χ2n) is 6.10. The number of thioether (sulfide) groups is 1. The summed E-state index contributed by atoms with van der Waals surface area (Å²) >= 11 is 2.96. The Morgan fingerprint density at radius 2 is 2.19 bits per heavy atom. The summed E-state index contributed by atoms with van der Waals surface area (Å²) in [7, 11) is 0. The molecule has 4 rings (SSSR count). The van der Waals surface area contributed by atoms with Gasteiger partial charge in [-0.15, -0.1) is 11.8 Å². The number of ketones is 1. The summed E-state index contributed by atoms with van der Waals surface area (Å²) < 4.78 is 6.55. The van der Waals surface area contributed by atoms with Crippen LogP contribution >= 0.6 is 23.1 Å². The maximum absolute atomic E-state index is 12.6. The summed E-state index contributed by atoms with van der Waals surface area (Å²) in [6.45, 7) is 2.02. The Hall–Kier alpha value is -2.45. The number of nitrogens with one attached hydrogen (secondary N) is 1. The summed E-state index contributed by atoms with van der Waals surface area (Å²) in [6.07, 6.45) is 4.50. The molecule has 1 amide bonds. The lowest BCUT2D eigenvalue weighted by atomic mass is 10.0. The van der Waals surface area contributed by atoms with Gasteiger partial charge in [-0.05, 0) is 5.56 Å². The minimum absolute atomic E-state index is 0.0125. The highest BCUT2D eigenvalue weighted by molar-refractivity contribution is 8.00. The van der Waals surface area contributed by atoms with Crippen LogP contribution in [-0.4, -0.2) is 21.7 Å². The first-order valence-corrected chi connectivity index (χ1v) is 10.4. The standard InChI is InChI=1S/C19H17N3O3S2/c1-2-11-8-20-16(25-11)10-26-17-9-21-19(27-17)22-18(24)14-7-15(23)13-6-4-3-5-12(13)14/h3-6,8-9,14H,2,7,10H2,1H3,(H,21,22,24). The van der Waals surface area contributed by atoms with Crippen molar-refractivity contribution in [3.05, 3.63) is 59.4 Å². The number of oxazole rings is 1. The predicted octanol–water partition coefficient (Wildman–Crippen LogP) is 4.29. The Kier molecular flexibility index (Phi) is 5.09. The fourth-order valence-electron chi connectivity index (χ4n) is 2.98. The maximum Gasteiger partial charge on any atom is 0.234 e. The fraction of sp³-hybridized carbons (Fsp3) is 0.263. The largest absolute Gasteiger partial charge is 0.445 e. The highest BCUT2D eigenvalue weighted by Gasteiger charge is 2.34. The molecular weight excluding hydrogens is 382 g/mol. The molecule has 1 aromatic carbocycles. The molecule has 1 N–H and O–H groups in total. The van der Waals surface area contributed by atoms with Gasteiger partial charge in [-0.3, -0.25) is 9.59 Å². The highest BCUT2D eigenvalue weighted by atomic mass is 32.2. The smallest absolute Gasteiger partial charge is 0.234 e. The Balaban J connectivity index is 1.38. The van der Waals surface area contributed by atoms with Crippen molar-refractivity contribution in [2.45, 2.75) is 35.6 Å². The van der Waals surface area contributed by atoms with Crippen LogP contribution < -0.4 is 5.32 Å². The molecule has 2 heterocycles. The molecule has 0 spiro atoms. The predicted molar refractivity (Wildman–Crippen MR) is 104 cm³/mol. The topological polar surface area (TPSA) is 85.1 Å². The summed E-state index contributed by atoms with van der Waals surface area (Å²) in [6, 6.07) is 7.28. The van der Waals surface area contributed by atoms with E-state index in [2.05, 4.69) is 15.3 Å². The van der Waals surface area contributed by atoms with Crippen molar-refractivity contribution in [1.82, 2.24) is 9.97 Å². The van der Waals surface area contributed by atoms with Crippen LogP contribution in [0.3, 0.4) is 0 Å². The lowest BCUT2D eigenvalue weighted by molar-refractivity contribution is -0.117. The number of fused-ring (bicyclic) bond motifs is 1. The number of hydrogen-bond acceptors (Lipinski definition) is 7. The van der Waals surface area contributed by atoms with E-state index in [1.807, 2.05) is 25.1 Å². The molecule has 8 heteroatoms. The molecular formula is C19H17N3O3S2. The van der Waals surface area contributed by atoms with Crippen molar-refractivity contribution in [3.63, 3.8) is 0 Å². The van der Waals surface area contributed by atoms with Crippen molar-refractivity contribution in [2.75, 3.05) is 5.32 Å². The second-order valence-corrected chi connectivity index (χ2v) is 8.41.